The monoisotopic (exact) mass is 374 g/mol. The van der Waals surface area contributed by atoms with Crippen molar-refractivity contribution in [2.45, 2.75) is 45.2 Å². The maximum Gasteiger partial charge on any atom is 0.253 e. The number of amides is 2. The van der Waals surface area contributed by atoms with E-state index in [0.717, 1.165) is 40.7 Å². The Hall–Kier alpha value is -3.15. The standard InChI is InChI=1S/C22H22N4O2/c1-13-7-10-16(14(2)11-13)23-20(27)12-19-21(28)25(15-8-9-15)22-24-17-5-3-4-6-18(17)26(19)22/h3-7,10-11,15,19H,8-9,12H2,1-2H3,(H,23,27)/t19-/m1/s1. The quantitative estimate of drug-likeness (QED) is 0.757. The van der Waals surface area contributed by atoms with Gasteiger partial charge in [-0.3, -0.25) is 19.1 Å². The van der Waals surface area contributed by atoms with E-state index >= 15 is 0 Å². The van der Waals surface area contributed by atoms with Crippen LogP contribution >= 0.6 is 0 Å². The van der Waals surface area contributed by atoms with Gasteiger partial charge in [-0.05, 0) is 50.5 Å². The summed E-state index contributed by atoms with van der Waals surface area (Å²) in [4.78, 5) is 32.4. The highest BCUT2D eigenvalue weighted by Crippen LogP contribution is 2.42. The van der Waals surface area contributed by atoms with Crippen LogP contribution in [0.1, 0.15) is 36.4 Å². The summed E-state index contributed by atoms with van der Waals surface area (Å²) < 4.78 is 1.94. The topological polar surface area (TPSA) is 67.2 Å². The number of aryl methyl sites for hydroxylation is 2. The zero-order valence-corrected chi connectivity index (χ0v) is 16.0. The number of anilines is 2. The van der Waals surface area contributed by atoms with Gasteiger partial charge in [0.15, 0.2) is 0 Å². The molecule has 0 bridgehead atoms. The molecule has 28 heavy (non-hydrogen) atoms. The van der Waals surface area contributed by atoms with E-state index in [1.165, 1.54) is 0 Å². The molecule has 2 aromatic carbocycles. The molecule has 0 spiro atoms. The second-order valence-electron chi connectivity index (χ2n) is 7.80. The lowest BCUT2D eigenvalue weighted by molar-refractivity contribution is -0.124. The Bertz CT molecular complexity index is 1110. The molecule has 3 aromatic rings. The summed E-state index contributed by atoms with van der Waals surface area (Å²) in [6.45, 7) is 3.99. The van der Waals surface area contributed by atoms with E-state index in [2.05, 4.69) is 10.3 Å². The fourth-order valence-corrected chi connectivity index (χ4v) is 4.06. The number of fused-ring (bicyclic) bond motifs is 3. The Morgan fingerprint density at radius 2 is 1.96 bits per heavy atom. The molecule has 0 radical (unpaired) electrons. The molecule has 1 aliphatic heterocycles. The zero-order valence-electron chi connectivity index (χ0n) is 16.0. The van der Waals surface area contributed by atoms with E-state index in [-0.39, 0.29) is 24.3 Å². The minimum Gasteiger partial charge on any atom is -0.326 e. The lowest BCUT2D eigenvalue weighted by atomic mass is 10.1. The zero-order chi connectivity index (χ0) is 19.4. The van der Waals surface area contributed by atoms with E-state index in [4.69, 9.17) is 0 Å². The first-order chi connectivity index (χ1) is 13.5. The van der Waals surface area contributed by atoms with Crippen LogP contribution in [-0.2, 0) is 9.59 Å². The number of aromatic nitrogens is 2. The van der Waals surface area contributed by atoms with Crippen molar-refractivity contribution in [1.29, 1.82) is 0 Å². The lowest BCUT2D eigenvalue weighted by Gasteiger charge is -2.15. The van der Waals surface area contributed by atoms with Crippen molar-refractivity contribution in [2.24, 2.45) is 0 Å². The van der Waals surface area contributed by atoms with E-state index < -0.39 is 6.04 Å². The number of imidazole rings is 1. The Labute approximate surface area is 163 Å². The van der Waals surface area contributed by atoms with Crippen molar-refractivity contribution >= 4 is 34.5 Å². The lowest BCUT2D eigenvalue weighted by Crippen LogP contribution is -2.33. The third kappa shape index (κ3) is 2.68. The van der Waals surface area contributed by atoms with E-state index in [0.29, 0.717) is 5.95 Å². The molecule has 142 valence electrons. The normalized spacial score (nSPS) is 18.6. The van der Waals surface area contributed by atoms with Gasteiger partial charge < -0.3 is 5.32 Å². The van der Waals surface area contributed by atoms with Gasteiger partial charge in [0.1, 0.15) is 6.04 Å². The third-order valence-electron chi connectivity index (χ3n) is 5.57. The summed E-state index contributed by atoms with van der Waals surface area (Å²) in [5, 5.41) is 2.97. The first-order valence-corrected chi connectivity index (χ1v) is 9.70. The maximum absolute atomic E-state index is 13.1. The Morgan fingerprint density at radius 1 is 1.18 bits per heavy atom. The molecule has 0 unspecified atom stereocenters. The highest BCUT2D eigenvalue weighted by molar-refractivity contribution is 6.05. The number of carbonyl (C=O) groups is 2. The summed E-state index contributed by atoms with van der Waals surface area (Å²) >= 11 is 0. The fourth-order valence-electron chi connectivity index (χ4n) is 4.06. The predicted molar refractivity (Wildman–Crippen MR) is 108 cm³/mol. The molecular weight excluding hydrogens is 352 g/mol. The van der Waals surface area contributed by atoms with Crippen LogP contribution in [0.4, 0.5) is 11.6 Å². The van der Waals surface area contributed by atoms with Gasteiger partial charge in [0.2, 0.25) is 11.9 Å². The van der Waals surface area contributed by atoms with Crippen molar-refractivity contribution < 1.29 is 9.59 Å². The van der Waals surface area contributed by atoms with Crippen LogP contribution < -0.4 is 10.2 Å². The van der Waals surface area contributed by atoms with Crippen molar-refractivity contribution in [3.63, 3.8) is 0 Å². The molecule has 1 fully saturated rings. The molecule has 1 saturated carbocycles. The molecule has 6 nitrogen and oxygen atoms in total. The second-order valence-corrected chi connectivity index (χ2v) is 7.80. The van der Waals surface area contributed by atoms with Crippen LogP contribution in [-0.4, -0.2) is 27.4 Å². The Kier molecular flexibility index (Phi) is 3.75. The molecular formula is C22H22N4O2. The van der Waals surface area contributed by atoms with E-state index in [9.17, 15) is 9.59 Å². The number of nitrogens with one attached hydrogen (secondary N) is 1. The number of hydrogen-bond donors (Lipinski definition) is 1. The number of rotatable bonds is 4. The smallest absolute Gasteiger partial charge is 0.253 e. The average molecular weight is 374 g/mol. The average Bonchev–Trinajstić information content (AvgIpc) is 3.37. The number of hydrogen-bond acceptors (Lipinski definition) is 3. The summed E-state index contributed by atoms with van der Waals surface area (Å²) in [5.41, 5.74) is 4.71. The molecule has 2 aliphatic rings. The van der Waals surface area contributed by atoms with Gasteiger partial charge in [0.05, 0.1) is 17.5 Å². The highest BCUT2D eigenvalue weighted by atomic mass is 16.2. The molecule has 1 N–H and O–H groups in total. The van der Waals surface area contributed by atoms with Gasteiger partial charge in [0.25, 0.3) is 5.91 Å². The Balaban J connectivity index is 1.46. The SMILES string of the molecule is Cc1ccc(NC(=O)C[C@@H]2C(=O)N(C3CC3)c3nc4ccccc4n32)c(C)c1. The number of nitrogens with zero attached hydrogens (tertiary/aromatic N) is 3. The minimum atomic E-state index is -0.547. The summed E-state index contributed by atoms with van der Waals surface area (Å²) in [7, 11) is 0. The van der Waals surface area contributed by atoms with Crippen molar-refractivity contribution in [2.75, 3.05) is 10.2 Å². The second kappa shape index (κ2) is 6.19. The maximum atomic E-state index is 13.1. The first-order valence-electron chi connectivity index (χ1n) is 9.70. The van der Waals surface area contributed by atoms with Gasteiger partial charge in [-0.2, -0.15) is 0 Å². The summed E-state index contributed by atoms with van der Waals surface area (Å²) in [6, 6.07) is 13.4. The molecule has 0 saturated heterocycles. The number of para-hydroxylation sites is 2. The highest BCUT2D eigenvalue weighted by Gasteiger charge is 2.47. The van der Waals surface area contributed by atoms with Crippen molar-refractivity contribution in [3.8, 4) is 0 Å². The minimum absolute atomic E-state index is 0.0217. The van der Waals surface area contributed by atoms with Crippen LogP contribution in [0.2, 0.25) is 0 Å². The molecule has 1 aliphatic carbocycles. The fraction of sp³-hybridized carbons (Fsp3) is 0.318. The molecule has 2 amide bonds. The largest absolute Gasteiger partial charge is 0.326 e. The van der Waals surface area contributed by atoms with Crippen LogP contribution in [0.15, 0.2) is 42.5 Å². The van der Waals surface area contributed by atoms with E-state index in [1.54, 1.807) is 4.90 Å². The Morgan fingerprint density at radius 3 is 2.71 bits per heavy atom. The molecule has 6 heteroatoms. The van der Waals surface area contributed by atoms with Crippen LogP contribution in [0.3, 0.4) is 0 Å². The van der Waals surface area contributed by atoms with Gasteiger partial charge >= 0.3 is 0 Å². The van der Waals surface area contributed by atoms with Gasteiger partial charge in [-0.25, -0.2) is 4.98 Å². The van der Waals surface area contributed by atoms with Crippen LogP contribution in [0.5, 0.6) is 0 Å². The third-order valence-corrected chi connectivity index (χ3v) is 5.57. The molecule has 5 rings (SSSR count). The number of carbonyl (C=O) groups excluding carboxylic acids is 2. The van der Waals surface area contributed by atoms with Crippen LogP contribution in [0, 0.1) is 13.8 Å². The summed E-state index contributed by atoms with van der Waals surface area (Å²) in [5.74, 6) is 0.497. The molecule has 1 aromatic heterocycles. The van der Waals surface area contributed by atoms with Crippen molar-refractivity contribution in [1.82, 2.24) is 9.55 Å². The first kappa shape index (κ1) is 17.0. The predicted octanol–water partition coefficient (Wildman–Crippen LogP) is 3.73. The molecule has 2 heterocycles. The number of benzene rings is 2. The molecule has 1 atom stereocenters. The summed E-state index contributed by atoms with van der Waals surface area (Å²) in [6.07, 6.45) is 2.09. The van der Waals surface area contributed by atoms with Gasteiger partial charge in [-0.1, -0.05) is 29.8 Å². The van der Waals surface area contributed by atoms with Crippen LogP contribution in [0.25, 0.3) is 11.0 Å². The van der Waals surface area contributed by atoms with Gasteiger partial charge in [0, 0.05) is 11.7 Å². The van der Waals surface area contributed by atoms with Crippen molar-refractivity contribution in [3.05, 3.63) is 53.6 Å². The van der Waals surface area contributed by atoms with E-state index in [1.807, 2.05) is 60.9 Å². The van der Waals surface area contributed by atoms with Gasteiger partial charge in [-0.15, -0.1) is 0 Å².